The van der Waals surface area contributed by atoms with Crippen LogP contribution in [0, 0.1) is 5.92 Å². The zero-order valence-electron chi connectivity index (χ0n) is 9.30. The van der Waals surface area contributed by atoms with E-state index in [-0.39, 0.29) is 5.78 Å². The fourth-order valence-corrected chi connectivity index (χ4v) is 2.42. The highest BCUT2D eigenvalue weighted by Gasteiger charge is 2.41. The zero-order chi connectivity index (χ0) is 12.0. The van der Waals surface area contributed by atoms with Crippen molar-refractivity contribution in [2.75, 3.05) is 11.4 Å². The molecule has 0 saturated heterocycles. The molecule has 2 aliphatic rings. The molecule has 17 heavy (non-hydrogen) atoms. The molecule has 3 rings (SSSR count). The zero-order valence-corrected chi connectivity index (χ0v) is 9.30. The molecule has 1 aliphatic carbocycles. The second-order valence-corrected chi connectivity index (χ2v) is 4.66. The maximum atomic E-state index is 12.0. The molecule has 1 N–H and O–H groups in total. The third-order valence-electron chi connectivity index (χ3n) is 3.46. The van der Waals surface area contributed by atoms with Gasteiger partial charge < -0.3 is 10.0 Å². The topological polar surface area (TPSA) is 57.6 Å². The lowest BCUT2D eigenvalue weighted by molar-refractivity contribution is -0.139. The Hall–Kier alpha value is -1.84. The van der Waals surface area contributed by atoms with Gasteiger partial charge >= 0.3 is 5.97 Å². The van der Waals surface area contributed by atoms with Gasteiger partial charge in [-0.15, -0.1) is 0 Å². The maximum Gasteiger partial charge on any atom is 0.316 e. The van der Waals surface area contributed by atoms with Gasteiger partial charge in [-0.25, -0.2) is 0 Å². The minimum atomic E-state index is -1.02. The molecule has 1 aromatic rings. The van der Waals surface area contributed by atoms with Crippen molar-refractivity contribution in [3.63, 3.8) is 0 Å². The molecule has 1 fully saturated rings. The summed E-state index contributed by atoms with van der Waals surface area (Å²) in [5.41, 5.74) is 1.45. The van der Waals surface area contributed by atoms with E-state index in [0.717, 1.165) is 18.5 Å². The van der Waals surface area contributed by atoms with Crippen molar-refractivity contribution in [2.45, 2.75) is 18.9 Å². The molecule has 0 amide bonds. The molecule has 0 aromatic heterocycles. The minimum Gasteiger partial charge on any atom is -0.481 e. The Balaban J connectivity index is 2.06. The summed E-state index contributed by atoms with van der Waals surface area (Å²) in [4.78, 5) is 25.2. The molecule has 1 aliphatic heterocycles. The molecule has 1 unspecified atom stereocenters. The number of carbonyl (C=O) groups excluding carboxylic acids is 1. The Bertz CT molecular complexity index is 493. The number of anilines is 1. The number of nitrogens with zero attached hydrogens (tertiary/aromatic N) is 1. The van der Waals surface area contributed by atoms with E-state index in [2.05, 4.69) is 4.90 Å². The number of aliphatic carboxylic acids is 1. The van der Waals surface area contributed by atoms with Crippen LogP contribution in [-0.2, 0) is 4.79 Å². The second-order valence-electron chi connectivity index (χ2n) is 4.66. The molecule has 1 atom stereocenters. The number of benzene rings is 1. The van der Waals surface area contributed by atoms with Crippen LogP contribution < -0.4 is 4.90 Å². The highest BCUT2D eigenvalue weighted by Crippen LogP contribution is 2.38. The fraction of sp³-hybridized carbons (Fsp3) is 0.385. The molecule has 1 aromatic carbocycles. The summed E-state index contributed by atoms with van der Waals surface area (Å²) in [7, 11) is 0. The minimum absolute atomic E-state index is 0.259. The van der Waals surface area contributed by atoms with E-state index in [0.29, 0.717) is 18.2 Å². The van der Waals surface area contributed by atoms with Crippen molar-refractivity contribution < 1.29 is 14.7 Å². The van der Waals surface area contributed by atoms with Gasteiger partial charge in [-0.2, -0.15) is 0 Å². The van der Waals surface area contributed by atoms with Gasteiger partial charge in [0.05, 0.1) is 0 Å². The summed E-state index contributed by atoms with van der Waals surface area (Å²) in [6.45, 7) is 0.315. The monoisotopic (exact) mass is 231 g/mol. The summed E-state index contributed by atoms with van der Waals surface area (Å²) >= 11 is 0. The molecule has 0 radical (unpaired) electrons. The first kappa shape index (κ1) is 10.3. The Labute approximate surface area is 98.9 Å². The van der Waals surface area contributed by atoms with Crippen LogP contribution in [0.1, 0.15) is 23.2 Å². The summed E-state index contributed by atoms with van der Waals surface area (Å²) < 4.78 is 0. The lowest BCUT2D eigenvalue weighted by atomic mass is 9.91. The quantitative estimate of drug-likeness (QED) is 0.784. The molecule has 88 valence electrons. The summed E-state index contributed by atoms with van der Waals surface area (Å²) in [5, 5.41) is 9.11. The van der Waals surface area contributed by atoms with Gasteiger partial charge in [0.25, 0.3) is 0 Å². The molecular formula is C13H13NO3. The number of rotatable bonds is 2. The van der Waals surface area contributed by atoms with Crippen LogP contribution in [0.4, 0.5) is 5.69 Å². The van der Waals surface area contributed by atoms with Crippen molar-refractivity contribution in [3.05, 3.63) is 29.8 Å². The van der Waals surface area contributed by atoms with Gasteiger partial charge in [0.1, 0.15) is 5.92 Å². The van der Waals surface area contributed by atoms with E-state index < -0.39 is 11.9 Å². The lowest BCUT2D eigenvalue weighted by Gasteiger charge is -2.33. The van der Waals surface area contributed by atoms with Crippen molar-refractivity contribution in [2.24, 2.45) is 5.92 Å². The molecule has 1 heterocycles. The predicted octanol–water partition coefficient (Wildman–Crippen LogP) is 1.55. The van der Waals surface area contributed by atoms with E-state index in [1.807, 2.05) is 12.1 Å². The van der Waals surface area contributed by atoms with Gasteiger partial charge in [-0.3, -0.25) is 9.59 Å². The number of carboxylic acid groups (broad SMARTS) is 1. The number of fused-ring (bicyclic) bond motifs is 1. The number of Topliss-reactive ketones (excluding diaryl/α,β-unsaturated/α-hetero) is 1. The van der Waals surface area contributed by atoms with Gasteiger partial charge in [0, 0.05) is 23.8 Å². The summed E-state index contributed by atoms with van der Waals surface area (Å²) in [6.07, 6.45) is 2.18. The lowest BCUT2D eigenvalue weighted by Crippen LogP contribution is -2.43. The van der Waals surface area contributed by atoms with Crippen LogP contribution in [-0.4, -0.2) is 29.4 Å². The average molecular weight is 231 g/mol. The van der Waals surface area contributed by atoms with Crippen molar-refractivity contribution >= 4 is 17.4 Å². The Kier molecular flexibility index (Phi) is 2.18. The molecule has 0 spiro atoms. The van der Waals surface area contributed by atoms with Crippen LogP contribution >= 0.6 is 0 Å². The van der Waals surface area contributed by atoms with E-state index in [9.17, 15) is 9.59 Å². The van der Waals surface area contributed by atoms with Gasteiger partial charge in [-0.1, -0.05) is 12.1 Å². The Morgan fingerprint density at radius 2 is 2.00 bits per heavy atom. The van der Waals surface area contributed by atoms with Crippen LogP contribution in [0.25, 0.3) is 0 Å². The molecule has 0 bridgehead atoms. The smallest absolute Gasteiger partial charge is 0.316 e. The molecular weight excluding hydrogens is 218 g/mol. The highest BCUT2D eigenvalue weighted by molar-refractivity contribution is 6.13. The summed E-state index contributed by atoms with van der Waals surface area (Å²) in [6, 6.07) is 7.73. The second kappa shape index (κ2) is 3.58. The third-order valence-corrected chi connectivity index (χ3v) is 3.46. The van der Waals surface area contributed by atoms with E-state index in [1.54, 1.807) is 12.1 Å². The number of hydrogen-bond acceptors (Lipinski definition) is 3. The van der Waals surface area contributed by atoms with Gasteiger partial charge in [0.15, 0.2) is 5.78 Å². The molecule has 1 saturated carbocycles. The highest BCUT2D eigenvalue weighted by atomic mass is 16.4. The fourth-order valence-electron chi connectivity index (χ4n) is 2.42. The molecule has 4 heteroatoms. The molecule has 4 nitrogen and oxygen atoms in total. The normalized spacial score (nSPS) is 23.4. The van der Waals surface area contributed by atoms with Crippen LogP contribution in [0.2, 0.25) is 0 Å². The predicted molar refractivity (Wildman–Crippen MR) is 62.3 cm³/mol. The van der Waals surface area contributed by atoms with E-state index in [1.165, 1.54) is 0 Å². The number of hydrogen-bond donors (Lipinski definition) is 1. The first-order chi connectivity index (χ1) is 8.18. The first-order valence-electron chi connectivity index (χ1n) is 5.81. The number of ketones is 1. The van der Waals surface area contributed by atoms with Gasteiger partial charge in [0.2, 0.25) is 0 Å². The standard InChI is InChI=1S/C13H13NO3/c15-12-9-3-1-2-4-11(9)14(8-5-6-8)7-10(12)13(16)17/h1-4,8,10H,5-7H2,(H,16,17). The first-order valence-corrected chi connectivity index (χ1v) is 5.81. The largest absolute Gasteiger partial charge is 0.481 e. The Morgan fingerprint density at radius 1 is 1.29 bits per heavy atom. The maximum absolute atomic E-state index is 12.0. The number of para-hydroxylation sites is 1. The van der Waals surface area contributed by atoms with E-state index >= 15 is 0 Å². The van der Waals surface area contributed by atoms with Gasteiger partial charge in [-0.05, 0) is 25.0 Å². The van der Waals surface area contributed by atoms with Crippen molar-refractivity contribution in [3.8, 4) is 0 Å². The van der Waals surface area contributed by atoms with E-state index in [4.69, 9.17) is 5.11 Å². The Morgan fingerprint density at radius 3 is 2.65 bits per heavy atom. The van der Waals surface area contributed by atoms with Crippen LogP contribution in [0.15, 0.2) is 24.3 Å². The number of carboxylic acids is 1. The number of carbonyl (C=O) groups is 2. The third kappa shape index (κ3) is 1.60. The van der Waals surface area contributed by atoms with Crippen LogP contribution in [0.5, 0.6) is 0 Å². The van der Waals surface area contributed by atoms with Crippen molar-refractivity contribution in [1.82, 2.24) is 0 Å². The van der Waals surface area contributed by atoms with Crippen molar-refractivity contribution in [1.29, 1.82) is 0 Å². The SMILES string of the molecule is O=C(O)C1CN(C2CC2)c2ccccc2C1=O. The summed E-state index contributed by atoms with van der Waals surface area (Å²) in [5.74, 6) is -2.19. The average Bonchev–Trinajstić information content (AvgIpc) is 3.13. The van der Waals surface area contributed by atoms with Crippen LogP contribution in [0.3, 0.4) is 0 Å².